The van der Waals surface area contributed by atoms with Gasteiger partial charge in [-0.3, -0.25) is 8.98 Å². The first-order valence-electron chi connectivity index (χ1n) is 15.7. The molecule has 0 bridgehead atoms. The van der Waals surface area contributed by atoms with Crippen LogP contribution in [0.3, 0.4) is 0 Å². The predicted molar refractivity (Wildman–Crippen MR) is 178 cm³/mol. The fourth-order valence-electron chi connectivity index (χ4n) is 4.21. The molecule has 2 aromatic rings. The third kappa shape index (κ3) is 15.7. The number of carbonyl (C=O) groups is 3. The van der Waals surface area contributed by atoms with E-state index in [9.17, 15) is 22.8 Å². The fraction of sp³-hybridized carbons (Fsp3) is 0.571. The number of aryl methyl sites for hydroxylation is 1. The monoisotopic (exact) mass is 677 g/mol. The number of hydrogen-bond acceptors (Lipinski definition) is 10. The molecule has 0 radical (unpaired) electrons. The van der Waals surface area contributed by atoms with Gasteiger partial charge in [-0.2, -0.15) is 8.42 Å². The number of carbonyl (C=O) groups excluding carboxylic acids is 3. The average molecular weight is 678 g/mol. The number of hydrogen-bond donors (Lipinski definition) is 1. The molecule has 0 aliphatic heterocycles. The molecule has 0 spiro atoms. The molecular weight excluding hydrogens is 626 g/mol. The maximum atomic E-state index is 13.3. The van der Waals surface area contributed by atoms with E-state index in [1.807, 2.05) is 6.92 Å². The van der Waals surface area contributed by atoms with Crippen molar-refractivity contribution in [3.63, 3.8) is 0 Å². The SMILES string of the molecule is Cc1ccc(S(=O)(=O)OCCOc2ccc(C[C@H](CC[C@@H](NC(=O)OC(C)(C)C)C(=O)OC(C)(C)C)C(=O)OC(C)(C)C)cc2)cc1. The lowest BCUT2D eigenvalue weighted by Gasteiger charge is -2.28. The summed E-state index contributed by atoms with van der Waals surface area (Å²) in [5.41, 5.74) is -0.556. The first kappa shape index (κ1) is 39.5. The van der Waals surface area contributed by atoms with Crippen molar-refractivity contribution >= 4 is 28.1 Å². The number of esters is 2. The van der Waals surface area contributed by atoms with Crippen LogP contribution in [0, 0.1) is 12.8 Å². The molecule has 1 N–H and O–H groups in total. The predicted octanol–water partition coefficient (Wildman–Crippen LogP) is 6.29. The van der Waals surface area contributed by atoms with Crippen LogP contribution in [0.4, 0.5) is 4.79 Å². The first-order valence-corrected chi connectivity index (χ1v) is 17.1. The van der Waals surface area contributed by atoms with Gasteiger partial charge in [0.15, 0.2) is 0 Å². The molecule has 2 atom stereocenters. The normalized spacial score (nSPS) is 13.7. The fourth-order valence-corrected chi connectivity index (χ4v) is 5.10. The topological polar surface area (TPSA) is 144 Å². The summed E-state index contributed by atoms with van der Waals surface area (Å²) in [5.74, 6) is -1.23. The summed E-state index contributed by atoms with van der Waals surface area (Å²) in [6.07, 6.45) is -0.165. The number of nitrogens with one attached hydrogen (secondary N) is 1. The van der Waals surface area contributed by atoms with E-state index in [1.165, 1.54) is 12.1 Å². The summed E-state index contributed by atoms with van der Waals surface area (Å²) in [7, 11) is -3.90. The van der Waals surface area contributed by atoms with Crippen molar-refractivity contribution in [2.24, 2.45) is 5.92 Å². The minimum absolute atomic E-state index is 0.00166. The lowest BCUT2D eigenvalue weighted by atomic mass is 9.92. The summed E-state index contributed by atoms with van der Waals surface area (Å²) in [4.78, 5) is 39.0. The molecule has 0 aliphatic carbocycles. The van der Waals surface area contributed by atoms with E-state index in [0.29, 0.717) is 12.2 Å². The Balaban J connectivity index is 2.09. The second-order valence-corrected chi connectivity index (χ2v) is 15.9. The maximum Gasteiger partial charge on any atom is 0.408 e. The van der Waals surface area contributed by atoms with Gasteiger partial charge in [0.05, 0.1) is 10.8 Å². The smallest absolute Gasteiger partial charge is 0.408 e. The molecule has 11 nitrogen and oxygen atoms in total. The van der Waals surface area contributed by atoms with E-state index < -0.39 is 56.9 Å². The van der Waals surface area contributed by atoms with Crippen molar-refractivity contribution < 1.29 is 45.9 Å². The Bertz CT molecular complexity index is 1430. The third-order valence-electron chi connectivity index (χ3n) is 6.23. The molecule has 0 unspecified atom stereocenters. The van der Waals surface area contributed by atoms with Crippen molar-refractivity contribution in [3.8, 4) is 5.75 Å². The molecule has 2 aromatic carbocycles. The van der Waals surface area contributed by atoms with Gasteiger partial charge in [-0.25, -0.2) is 9.59 Å². The first-order chi connectivity index (χ1) is 21.5. The average Bonchev–Trinajstić information content (AvgIpc) is 2.90. The Labute approximate surface area is 279 Å². The summed E-state index contributed by atoms with van der Waals surface area (Å²) in [6.45, 7) is 17.4. The van der Waals surface area contributed by atoms with Crippen LogP contribution in [0.5, 0.6) is 5.75 Å². The Hall–Kier alpha value is -3.64. The van der Waals surface area contributed by atoms with Crippen molar-refractivity contribution in [1.29, 1.82) is 0 Å². The third-order valence-corrected chi connectivity index (χ3v) is 7.56. The zero-order valence-corrected chi connectivity index (χ0v) is 30.1. The zero-order valence-electron chi connectivity index (χ0n) is 29.3. The molecule has 2 rings (SSSR count). The quantitative estimate of drug-likeness (QED) is 0.105. The molecule has 262 valence electrons. The van der Waals surface area contributed by atoms with E-state index in [0.717, 1.165) is 11.1 Å². The van der Waals surface area contributed by atoms with Crippen LogP contribution in [-0.4, -0.2) is 62.5 Å². The summed E-state index contributed by atoms with van der Waals surface area (Å²) < 4.78 is 52.1. The van der Waals surface area contributed by atoms with Gasteiger partial charge in [-0.1, -0.05) is 29.8 Å². The summed E-state index contributed by atoms with van der Waals surface area (Å²) in [5, 5.41) is 2.60. The largest absolute Gasteiger partial charge is 0.491 e. The Kier molecular flexibility index (Phi) is 13.8. The van der Waals surface area contributed by atoms with Gasteiger partial charge in [-0.05, 0) is 118 Å². The van der Waals surface area contributed by atoms with E-state index in [2.05, 4.69) is 5.32 Å². The molecule has 0 fully saturated rings. The lowest BCUT2D eigenvalue weighted by molar-refractivity contribution is -0.162. The molecule has 0 heterocycles. The van der Waals surface area contributed by atoms with Gasteiger partial charge >= 0.3 is 18.0 Å². The summed E-state index contributed by atoms with van der Waals surface area (Å²) in [6, 6.07) is 12.3. The van der Waals surface area contributed by atoms with E-state index in [-0.39, 0.29) is 31.0 Å². The standard InChI is InChI=1S/C35H51NO10S/c1-24-11-18-28(19-12-24)47(40,41)43-22-21-42-27-16-13-25(14-17-27)23-26(30(37)44-33(2,3)4)15-20-29(31(38)45-34(5,6)7)36-32(39)46-35(8,9)10/h11-14,16-19,26,29H,15,20-23H2,1-10H3,(H,36,39)/t26-,29+/m0/s1. The highest BCUT2D eigenvalue weighted by Gasteiger charge is 2.32. The van der Waals surface area contributed by atoms with Crippen LogP contribution < -0.4 is 10.1 Å². The molecule has 0 saturated heterocycles. The Morgan fingerprint density at radius 2 is 1.23 bits per heavy atom. The zero-order chi connectivity index (χ0) is 35.6. The van der Waals surface area contributed by atoms with Crippen LogP contribution in [-0.2, 0) is 44.5 Å². The van der Waals surface area contributed by atoms with Crippen LogP contribution in [0.2, 0.25) is 0 Å². The second kappa shape index (κ2) is 16.5. The molecule has 0 aliphatic rings. The van der Waals surface area contributed by atoms with Crippen LogP contribution in [0.25, 0.3) is 0 Å². The van der Waals surface area contributed by atoms with Gasteiger partial charge in [0.1, 0.15) is 41.8 Å². The van der Waals surface area contributed by atoms with Crippen molar-refractivity contribution in [2.45, 2.75) is 116 Å². The molecule has 0 aromatic heterocycles. The lowest BCUT2D eigenvalue weighted by Crippen LogP contribution is -2.46. The van der Waals surface area contributed by atoms with Crippen molar-refractivity contribution in [3.05, 3.63) is 59.7 Å². The highest BCUT2D eigenvalue weighted by Crippen LogP contribution is 2.24. The van der Waals surface area contributed by atoms with Gasteiger partial charge in [-0.15, -0.1) is 0 Å². The Morgan fingerprint density at radius 1 is 0.702 bits per heavy atom. The number of ether oxygens (including phenoxy) is 4. The van der Waals surface area contributed by atoms with Crippen molar-refractivity contribution in [1.82, 2.24) is 5.32 Å². The molecule has 47 heavy (non-hydrogen) atoms. The van der Waals surface area contributed by atoms with Crippen LogP contribution in [0.15, 0.2) is 53.4 Å². The molecule has 12 heteroatoms. The van der Waals surface area contributed by atoms with Gasteiger partial charge < -0.3 is 24.3 Å². The van der Waals surface area contributed by atoms with Gasteiger partial charge in [0.2, 0.25) is 0 Å². The van der Waals surface area contributed by atoms with Crippen molar-refractivity contribution in [2.75, 3.05) is 13.2 Å². The summed E-state index contributed by atoms with van der Waals surface area (Å²) >= 11 is 0. The van der Waals surface area contributed by atoms with Crippen LogP contribution >= 0.6 is 0 Å². The molecule has 1 amide bonds. The van der Waals surface area contributed by atoms with E-state index in [4.69, 9.17) is 23.1 Å². The van der Waals surface area contributed by atoms with E-state index >= 15 is 0 Å². The maximum absolute atomic E-state index is 13.3. The highest BCUT2D eigenvalue weighted by molar-refractivity contribution is 7.86. The van der Waals surface area contributed by atoms with Gasteiger partial charge in [0.25, 0.3) is 10.1 Å². The number of rotatable bonds is 14. The highest BCUT2D eigenvalue weighted by atomic mass is 32.2. The minimum atomic E-state index is -3.90. The minimum Gasteiger partial charge on any atom is -0.491 e. The molecule has 0 saturated carbocycles. The Morgan fingerprint density at radius 3 is 1.77 bits per heavy atom. The van der Waals surface area contributed by atoms with Gasteiger partial charge in [0, 0.05) is 0 Å². The van der Waals surface area contributed by atoms with E-state index in [1.54, 1.807) is 98.7 Å². The number of benzene rings is 2. The number of amides is 1. The van der Waals surface area contributed by atoms with Crippen LogP contribution in [0.1, 0.15) is 86.3 Å². The number of alkyl carbamates (subject to hydrolysis) is 1. The molecular formula is C35H51NO10S. The second-order valence-electron chi connectivity index (χ2n) is 14.3.